The van der Waals surface area contributed by atoms with E-state index in [0.29, 0.717) is 46.5 Å². The van der Waals surface area contributed by atoms with Crippen LogP contribution in [-0.4, -0.2) is 55.4 Å². The highest BCUT2D eigenvalue weighted by atomic mass is 32.1. The second kappa shape index (κ2) is 9.52. The Morgan fingerprint density at radius 1 is 1.06 bits per heavy atom. The molecule has 1 saturated heterocycles. The molecule has 4 rings (SSSR count). The minimum absolute atomic E-state index is 0.0388. The standard InChI is InChI=1S/C23H24FN3O4S/c1-29-18-11-10-16(19(30-2)20(18)31-3)23(28)27-12-6-7-14(13-27)21-25-26-22(32-21)15-8-4-5-9-17(15)24/h4-5,8-11,14H,6-7,12-13H2,1-3H3. The number of nitrogens with zero attached hydrogens (tertiary/aromatic N) is 3. The number of rotatable bonds is 6. The first-order valence-corrected chi connectivity index (χ1v) is 11.1. The minimum Gasteiger partial charge on any atom is -0.493 e. The molecule has 1 aromatic heterocycles. The number of likely N-dealkylation sites (tertiary alicyclic amines) is 1. The van der Waals surface area contributed by atoms with Gasteiger partial charge in [-0.25, -0.2) is 4.39 Å². The molecule has 2 heterocycles. The summed E-state index contributed by atoms with van der Waals surface area (Å²) in [6, 6.07) is 9.91. The summed E-state index contributed by atoms with van der Waals surface area (Å²) >= 11 is 1.37. The summed E-state index contributed by atoms with van der Waals surface area (Å²) < 4.78 is 30.3. The van der Waals surface area contributed by atoms with Crippen LogP contribution in [0.15, 0.2) is 36.4 Å². The van der Waals surface area contributed by atoms with E-state index >= 15 is 0 Å². The lowest BCUT2D eigenvalue weighted by Crippen LogP contribution is -2.39. The molecule has 0 N–H and O–H groups in total. The van der Waals surface area contributed by atoms with Gasteiger partial charge in [0.25, 0.3) is 5.91 Å². The van der Waals surface area contributed by atoms with Gasteiger partial charge in [-0.2, -0.15) is 0 Å². The van der Waals surface area contributed by atoms with E-state index in [9.17, 15) is 9.18 Å². The van der Waals surface area contributed by atoms with Crippen LogP contribution in [0.4, 0.5) is 4.39 Å². The first-order valence-electron chi connectivity index (χ1n) is 10.2. The topological polar surface area (TPSA) is 73.8 Å². The molecule has 7 nitrogen and oxygen atoms in total. The van der Waals surface area contributed by atoms with Crippen molar-refractivity contribution in [3.63, 3.8) is 0 Å². The summed E-state index contributed by atoms with van der Waals surface area (Å²) in [5, 5.41) is 9.85. The van der Waals surface area contributed by atoms with Gasteiger partial charge in [0.15, 0.2) is 16.5 Å². The number of hydrogen-bond donors (Lipinski definition) is 0. The lowest BCUT2D eigenvalue weighted by atomic mass is 9.98. The molecule has 0 saturated carbocycles. The highest BCUT2D eigenvalue weighted by Crippen LogP contribution is 2.41. The molecule has 1 unspecified atom stereocenters. The van der Waals surface area contributed by atoms with Gasteiger partial charge in [0.2, 0.25) is 5.75 Å². The van der Waals surface area contributed by atoms with Gasteiger partial charge in [-0.15, -0.1) is 10.2 Å². The average Bonchev–Trinajstić information content (AvgIpc) is 3.33. The molecule has 1 aliphatic heterocycles. The van der Waals surface area contributed by atoms with Crippen LogP contribution in [0.25, 0.3) is 10.6 Å². The van der Waals surface area contributed by atoms with Gasteiger partial charge in [-0.05, 0) is 37.1 Å². The number of halogens is 1. The number of aromatic nitrogens is 2. The number of benzene rings is 2. The zero-order valence-corrected chi connectivity index (χ0v) is 18.9. The molecule has 0 spiro atoms. The average molecular weight is 458 g/mol. The molecule has 0 radical (unpaired) electrons. The van der Waals surface area contributed by atoms with Gasteiger partial charge in [0, 0.05) is 24.6 Å². The normalized spacial score (nSPS) is 16.0. The molecule has 168 valence electrons. The zero-order valence-electron chi connectivity index (χ0n) is 18.1. The maximum atomic E-state index is 14.1. The quantitative estimate of drug-likeness (QED) is 0.547. The molecule has 2 aromatic carbocycles. The number of piperidine rings is 1. The molecule has 0 aliphatic carbocycles. The summed E-state index contributed by atoms with van der Waals surface area (Å²) in [6.07, 6.45) is 1.72. The van der Waals surface area contributed by atoms with Crippen molar-refractivity contribution in [2.45, 2.75) is 18.8 Å². The summed E-state index contributed by atoms with van der Waals surface area (Å²) in [7, 11) is 4.54. The Kier molecular flexibility index (Phi) is 6.55. The number of ether oxygens (including phenoxy) is 3. The molecule has 1 amide bonds. The monoisotopic (exact) mass is 457 g/mol. The Hall–Kier alpha value is -3.20. The Bertz CT molecular complexity index is 1120. The summed E-state index contributed by atoms with van der Waals surface area (Å²) in [5.74, 6) is 0.788. The fourth-order valence-electron chi connectivity index (χ4n) is 3.95. The third-order valence-electron chi connectivity index (χ3n) is 5.54. The lowest BCUT2D eigenvalue weighted by molar-refractivity contribution is 0.0702. The first kappa shape index (κ1) is 22.0. The van der Waals surface area contributed by atoms with Crippen LogP contribution in [0, 0.1) is 5.82 Å². The van der Waals surface area contributed by atoms with Crippen molar-refractivity contribution in [2.75, 3.05) is 34.4 Å². The minimum atomic E-state index is -0.323. The Morgan fingerprint density at radius 2 is 1.84 bits per heavy atom. The van der Waals surface area contributed by atoms with Crippen molar-refractivity contribution < 1.29 is 23.4 Å². The number of amides is 1. The van der Waals surface area contributed by atoms with Gasteiger partial charge < -0.3 is 19.1 Å². The second-order valence-corrected chi connectivity index (χ2v) is 8.41. The Morgan fingerprint density at radius 3 is 2.56 bits per heavy atom. The van der Waals surface area contributed by atoms with E-state index < -0.39 is 0 Å². The molecule has 1 atom stereocenters. The summed E-state index contributed by atoms with van der Waals surface area (Å²) in [6.45, 7) is 1.13. The fourth-order valence-corrected chi connectivity index (χ4v) is 4.94. The molecule has 9 heteroatoms. The molecule has 32 heavy (non-hydrogen) atoms. The van der Waals surface area contributed by atoms with E-state index in [1.807, 2.05) is 0 Å². The summed E-state index contributed by atoms with van der Waals surface area (Å²) in [5.41, 5.74) is 0.852. The van der Waals surface area contributed by atoms with Crippen molar-refractivity contribution in [2.24, 2.45) is 0 Å². The van der Waals surface area contributed by atoms with Crippen molar-refractivity contribution >= 4 is 17.2 Å². The van der Waals surface area contributed by atoms with Crippen molar-refractivity contribution in [3.8, 4) is 27.8 Å². The van der Waals surface area contributed by atoms with Crippen LogP contribution in [-0.2, 0) is 0 Å². The van der Waals surface area contributed by atoms with Gasteiger partial charge in [0.1, 0.15) is 10.8 Å². The van der Waals surface area contributed by atoms with Crippen LogP contribution in [0.1, 0.15) is 34.1 Å². The highest BCUT2D eigenvalue weighted by molar-refractivity contribution is 7.14. The molecular formula is C23H24FN3O4S. The number of carbonyl (C=O) groups is 1. The van der Waals surface area contributed by atoms with E-state index in [0.717, 1.165) is 17.8 Å². The number of hydrogen-bond acceptors (Lipinski definition) is 7. The number of methoxy groups -OCH3 is 3. The van der Waals surface area contributed by atoms with E-state index in [-0.39, 0.29) is 17.6 Å². The molecule has 1 fully saturated rings. The third-order valence-corrected chi connectivity index (χ3v) is 6.66. The Labute approximate surface area is 189 Å². The zero-order chi connectivity index (χ0) is 22.7. The van der Waals surface area contributed by atoms with Gasteiger partial charge in [-0.1, -0.05) is 23.5 Å². The van der Waals surface area contributed by atoms with Crippen molar-refractivity contribution in [1.82, 2.24) is 15.1 Å². The molecular weight excluding hydrogens is 433 g/mol. The van der Waals surface area contributed by atoms with Crippen molar-refractivity contribution in [3.05, 3.63) is 52.8 Å². The van der Waals surface area contributed by atoms with Gasteiger partial charge in [-0.3, -0.25) is 4.79 Å². The van der Waals surface area contributed by atoms with Crippen LogP contribution < -0.4 is 14.2 Å². The number of carbonyl (C=O) groups excluding carboxylic acids is 1. The van der Waals surface area contributed by atoms with Crippen molar-refractivity contribution in [1.29, 1.82) is 0 Å². The molecule has 3 aromatic rings. The summed E-state index contributed by atoms with van der Waals surface area (Å²) in [4.78, 5) is 15.2. The SMILES string of the molecule is COc1ccc(C(=O)N2CCCC(c3nnc(-c4ccccc4F)s3)C2)c(OC)c1OC. The molecule has 1 aliphatic rings. The second-order valence-electron chi connectivity index (χ2n) is 7.40. The van der Waals surface area contributed by atoms with Crippen LogP contribution in [0.3, 0.4) is 0 Å². The van der Waals surface area contributed by atoms with E-state index in [4.69, 9.17) is 14.2 Å². The maximum Gasteiger partial charge on any atom is 0.257 e. The Balaban J connectivity index is 1.56. The van der Waals surface area contributed by atoms with Crippen LogP contribution >= 0.6 is 11.3 Å². The van der Waals surface area contributed by atoms with Crippen LogP contribution in [0.5, 0.6) is 17.2 Å². The predicted octanol–water partition coefficient (Wildman–Crippen LogP) is 4.39. The van der Waals surface area contributed by atoms with E-state index in [1.165, 1.54) is 38.7 Å². The lowest BCUT2D eigenvalue weighted by Gasteiger charge is -2.32. The fraction of sp³-hybridized carbons (Fsp3) is 0.348. The predicted molar refractivity (Wildman–Crippen MR) is 119 cm³/mol. The maximum absolute atomic E-state index is 14.1. The molecule has 0 bridgehead atoms. The third kappa shape index (κ3) is 4.12. The smallest absolute Gasteiger partial charge is 0.257 e. The van der Waals surface area contributed by atoms with Crippen LogP contribution in [0.2, 0.25) is 0 Å². The van der Waals surface area contributed by atoms with Gasteiger partial charge >= 0.3 is 0 Å². The highest BCUT2D eigenvalue weighted by Gasteiger charge is 2.31. The first-order chi connectivity index (χ1) is 15.6. The van der Waals surface area contributed by atoms with Gasteiger partial charge in [0.05, 0.1) is 26.9 Å². The van der Waals surface area contributed by atoms with E-state index in [2.05, 4.69) is 10.2 Å². The largest absolute Gasteiger partial charge is 0.493 e. The van der Waals surface area contributed by atoms with E-state index in [1.54, 1.807) is 35.2 Å².